The van der Waals surface area contributed by atoms with Gasteiger partial charge in [0.1, 0.15) is 0 Å². The van der Waals surface area contributed by atoms with Crippen LogP contribution in [0.2, 0.25) is 0 Å². The summed E-state index contributed by atoms with van der Waals surface area (Å²) in [5.41, 5.74) is 0. The van der Waals surface area contributed by atoms with Gasteiger partial charge in [-0.1, -0.05) is 6.92 Å². The zero-order valence-corrected chi connectivity index (χ0v) is 8.22. The standard InChI is InChI=1S/C8H15F2NO3/c1-6(4-14-2)3-11-5-8(9,10)7(12)13/h6,11H,3-5H2,1-2H3,(H,12,13). The first-order valence-corrected chi connectivity index (χ1v) is 4.21. The Morgan fingerprint density at radius 2 is 2.21 bits per heavy atom. The van der Waals surface area contributed by atoms with Crippen LogP contribution in [0.4, 0.5) is 8.78 Å². The summed E-state index contributed by atoms with van der Waals surface area (Å²) in [4.78, 5) is 10.0. The third-order valence-electron chi connectivity index (χ3n) is 1.60. The lowest BCUT2D eigenvalue weighted by Crippen LogP contribution is -2.41. The lowest BCUT2D eigenvalue weighted by molar-refractivity contribution is -0.164. The summed E-state index contributed by atoms with van der Waals surface area (Å²) in [5.74, 6) is -5.73. The molecule has 0 saturated carbocycles. The van der Waals surface area contributed by atoms with Crippen molar-refractivity contribution in [1.29, 1.82) is 0 Å². The van der Waals surface area contributed by atoms with E-state index in [0.29, 0.717) is 13.2 Å². The second-order valence-electron chi connectivity index (χ2n) is 3.20. The lowest BCUT2D eigenvalue weighted by Gasteiger charge is -2.15. The van der Waals surface area contributed by atoms with E-state index in [1.807, 2.05) is 6.92 Å². The molecule has 0 bridgehead atoms. The monoisotopic (exact) mass is 211 g/mol. The minimum absolute atomic E-state index is 0.0737. The number of rotatable bonds is 7. The highest BCUT2D eigenvalue weighted by Crippen LogP contribution is 2.11. The van der Waals surface area contributed by atoms with Gasteiger partial charge in [-0.25, -0.2) is 4.79 Å². The molecule has 84 valence electrons. The quantitative estimate of drug-likeness (QED) is 0.646. The maximum Gasteiger partial charge on any atom is 0.375 e. The number of carbonyl (C=O) groups is 1. The Labute approximate surface area is 81.2 Å². The normalized spacial score (nSPS) is 14.0. The van der Waals surface area contributed by atoms with Gasteiger partial charge in [-0.15, -0.1) is 0 Å². The molecule has 14 heavy (non-hydrogen) atoms. The number of nitrogens with one attached hydrogen (secondary N) is 1. The molecular formula is C8H15F2NO3. The van der Waals surface area contributed by atoms with Gasteiger partial charge in [0.25, 0.3) is 0 Å². The summed E-state index contributed by atoms with van der Waals surface area (Å²) in [6.07, 6.45) is 0. The van der Waals surface area contributed by atoms with Crippen LogP contribution in [0.15, 0.2) is 0 Å². The van der Waals surface area contributed by atoms with Crippen molar-refractivity contribution >= 4 is 5.97 Å². The topological polar surface area (TPSA) is 58.6 Å². The third-order valence-corrected chi connectivity index (χ3v) is 1.60. The molecule has 0 radical (unpaired) electrons. The van der Waals surface area contributed by atoms with Crippen LogP contribution >= 0.6 is 0 Å². The Morgan fingerprint density at radius 1 is 1.64 bits per heavy atom. The number of alkyl halides is 2. The Kier molecular flexibility index (Phi) is 5.56. The number of ether oxygens (including phenoxy) is 1. The molecule has 4 nitrogen and oxygen atoms in total. The van der Waals surface area contributed by atoms with E-state index in [9.17, 15) is 13.6 Å². The van der Waals surface area contributed by atoms with Crippen molar-refractivity contribution < 1.29 is 23.4 Å². The van der Waals surface area contributed by atoms with Gasteiger partial charge in [-0.3, -0.25) is 0 Å². The predicted octanol–water partition coefficient (Wildman–Crippen LogP) is 0.578. The fourth-order valence-electron chi connectivity index (χ4n) is 0.895. The maximum atomic E-state index is 12.5. The first kappa shape index (κ1) is 13.2. The highest BCUT2D eigenvalue weighted by atomic mass is 19.3. The van der Waals surface area contributed by atoms with Crippen LogP contribution in [0.5, 0.6) is 0 Å². The van der Waals surface area contributed by atoms with E-state index in [1.54, 1.807) is 0 Å². The van der Waals surface area contributed by atoms with Gasteiger partial charge in [-0.2, -0.15) is 8.78 Å². The Bertz CT molecular complexity index is 187. The average Bonchev–Trinajstić information content (AvgIpc) is 2.04. The SMILES string of the molecule is COCC(C)CNCC(F)(F)C(=O)O. The fraction of sp³-hybridized carbons (Fsp3) is 0.875. The molecule has 0 aromatic carbocycles. The van der Waals surface area contributed by atoms with E-state index in [0.717, 1.165) is 0 Å². The number of hydrogen-bond donors (Lipinski definition) is 2. The first-order chi connectivity index (χ1) is 6.40. The molecule has 6 heteroatoms. The molecule has 0 rings (SSSR count). The minimum Gasteiger partial charge on any atom is -0.477 e. The van der Waals surface area contributed by atoms with Crippen molar-refractivity contribution in [2.45, 2.75) is 12.8 Å². The molecule has 1 atom stereocenters. The number of hydrogen-bond acceptors (Lipinski definition) is 3. The van der Waals surface area contributed by atoms with Crippen LogP contribution < -0.4 is 5.32 Å². The van der Waals surface area contributed by atoms with E-state index in [-0.39, 0.29) is 5.92 Å². The molecule has 0 aliphatic rings. The molecule has 0 aliphatic carbocycles. The van der Waals surface area contributed by atoms with Crippen molar-refractivity contribution in [2.75, 3.05) is 26.8 Å². The molecule has 0 fully saturated rings. The summed E-state index contributed by atoms with van der Waals surface area (Å²) in [6, 6.07) is 0. The second-order valence-corrected chi connectivity index (χ2v) is 3.20. The average molecular weight is 211 g/mol. The van der Waals surface area contributed by atoms with Crippen molar-refractivity contribution in [2.24, 2.45) is 5.92 Å². The van der Waals surface area contributed by atoms with Crippen LogP contribution in [0.25, 0.3) is 0 Å². The highest BCUT2D eigenvalue weighted by Gasteiger charge is 2.38. The summed E-state index contributed by atoms with van der Waals surface area (Å²) in [6.45, 7) is 1.72. The number of methoxy groups -OCH3 is 1. The molecule has 2 N–H and O–H groups in total. The van der Waals surface area contributed by atoms with Crippen LogP contribution in [0.1, 0.15) is 6.92 Å². The molecule has 1 unspecified atom stereocenters. The Morgan fingerprint density at radius 3 is 2.64 bits per heavy atom. The zero-order valence-electron chi connectivity index (χ0n) is 8.22. The van der Waals surface area contributed by atoms with Crippen LogP contribution in [0.3, 0.4) is 0 Å². The molecule has 0 saturated heterocycles. The zero-order chi connectivity index (χ0) is 11.2. The van der Waals surface area contributed by atoms with Crippen molar-refractivity contribution in [3.63, 3.8) is 0 Å². The summed E-state index contributed by atoms with van der Waals surface area (Å²) in [5, 5.41) is 10.5. The van der Waals surface area contributed by atoms with Gasteiger partial charge >= 0.3 is 11.9 Å². The molecule has 0 amide bonds. The van der Waals surface area contributed by atoms with Crippen molar-refractivity contribution in [3.8, 4) is 0 Å². The van der Waals surface area contributed by atoms with E-state index >= 15 is 0 Å². The van der Waals surface area contributed by atoms with Crippen molar-refractivity contribution in [1.82, 2.24) is 5.32 Å². The molecule has 0 heterocycles. The smallest absolute Gasteiger partial charge is 0.375 e. The van der Waals surface area contributed by atoms with Gasteiger partial charge in [0.15, 0.2) is 0 Å². The number of halogens is 2. The van der Waals surface area contributed by atoms with Gasteiger partial charge in [-0.05, 0) is 5.92 Å². The Hall–Kier alpha value is -0.750. The minimum atomic E-state index is -3.70. The van der Waals surface area contributed by atoms with E-state index in [2.05, 4.69) is 5.32 Å². The molecular weight excluding hydrogens is 196 g/mol. The number of aliphatic carboxylic acids is 1. The Balaban J connectivity index is 3.68. The van der Waals surface area contributed by atoms with E-state index in [1.165, 1.54) is 7.11 Å². The lowest BCUT2D eigenvalue weighted by atomic mass is 10.2. The molecule has 0 aromatic heterocycles. The van der Waals surface area contributed by atoms with Crippen LogP contribution in [-0.2, 0) is 9.53 Å². The third kappa shape index (κ3) is 5.08. The molecule has 0 aromatic rings. The maximum absolute atomic E-state index is 12.5. The number of carboxylic acids is 1. The van der Waals surface area contributed by atoms with Crippen LogP contribution in [-0.4, -0.2) is 43.8 Å². The largest absolute Gasteiger partial charge is 0.477 e. The van der Waals surface area contributed by atoms with Gasteiger partial charge in [0.05, 0.1) is 6.54 Å². The first-order valence-electron chi connectivity index (χ1n) is 4.21. The highest BCUT2D eigenvalue weighted by molar-refractivity contribution is 5.75. The predicted molar refractivity (Wildman–Crippen MR) is 46.5 cm³/mol. The second kappa shape index (κ2) is 5.87. The molecule has 0 aliphatic heterocycles. The van der Waals surface area contributed by atoms with E-state index < -0.39 is 18.4 Å². The summed E-state index contributed by atoms with van der Waals surface area (Å²) >= 11 is 0. The summed E-state index contributed by atoms with van der Waals surface area (Å²) < 4.78 is 29.8. The van der Waals surface area contributed by atoms with Gasteiger partial charge in [0, 0.05) is 20.3 Å². The van der Waals surface area contributed by atoms with Crippen molar-refractivity contribution in [3.05, 3.63) is 0 Å². The summed E-state index contributed by atoms with van der Waals surface area (Å²) in [7, 11) is 1.52. The number of carboxylic acid groups (broad SMARTS) is 1. The van der Waals surface area contributed by atoms with E-state index in [4.69, 9.17) is 9.84 Å². The van der Waals surface area contributed by atoms with Crippen LogP contribution in [0, 0.1) is 5.92 Å². The fourth-order valence-corrected chi connectivity index (χ4v) is 0.895. The van der Waals surface area contributed by atoms with Gasteiger partial charge < -0.3 is 15.2 Å². The van der Waals surface area contributed by atoms with Gasteiger partial charge in [0.2, 0.25) is 0 Å². The molecule has 0 spiro atoms.